The van der Waals surface area contributed by atoms with Gasteiger partial charge in [0.15, 0.2) is 0 Å². The lowest BCUT2D eigenvalue weighted by Crippen LogP contribution is -2.03. The summed E-state index contributed by atoms with van der Waals surface area (Å²) in [6.07, 6.45) is 0. The summed E-state index contributed by atoms with van der Waals surface area (Å²) < 4.78 is 1.03. The molecule has 0 aliphatic carbocycles. The van der Waals surface area contributed by atoms with E-state index in [2.05, 4.69) is 35.8 Å². The third-order valence-corrected chi connectivity index (χ3v) is 2.51. The molecule has 1 aromatic carbocycles. The number of halogens is 1. The van der Waals surface area contributed by atoms with Crippen LogP contribution in [0.5, 0.6) is 0 Å². The maximum atomic E-state index is 8.98. The highest BCUT2D eigenvalue weighted by molar-refractivity contribution is 9.10. The molecule has 0 spiro atoms. The van der Waals surface area contributed by atoms with E-state index in [4.69, 9.17) is 5.26 Å². The Morgan fingerprint density at radius 2 is 2.08 bits per heavy atom. The minimum absolute atomic E-state index is 0.00231. The predicted molar refractivity (Wildman–Crippen MR) is 57.3 cm³/mol. The average Bonchev–Trinajstić information content (AvgIpc) is 2.04. The summed E-state index contributed by atoms with van der Waals surface area (Å²) in [6, 6.07) is 10.3. The van der Waals surface area contributed by atoms with E-state index in [1.807, 2.05) is 24.3 Å². The van der Waals surface area contributed by atoms with Crippen LogP contribution in [0.2, 0.25) is 0 Å². The maximum absolute atomic E-state index is 8.98. The second kappa shape index (κ2) is 4.43. The van der Waals surface area contributed by atoms with Gasteiger partial charge >= 0.3 is 0 Å². The molecule has 0 amide bonds. The molecule has 13 heavy (non-hydrogen) atoms. The van der Waals surface area contributed by atoms with Crippen LogP contribution in [0.3, 0.4) is 0 Å². The molecule has 0 radical (unpaired) electrons. The molecular formula is C11H12BrN. The molecule has 0 saturated heterocycles. The van der Waals surface area contributed by atoms with Gasteiger partial charge in [0.05, 0.1) is 12.0 Å². The van der Waals surface area contributed by atoms with Gasteiger partial charge in [-0.15, -0.1) is 0 Å². The van der Waals surface area contributed by atoms with Gasteiger partial charge in [-0.05, 0) is 23.6 Å². The van der Waals surface area contributed by atoms with Crippen LogP contribution in [0, 0.1) is 17.2 Å². The van der Waals surface area contributed by atoms with Gasteiger partial charge in [-0.25, -0.2) is 0 Å². The molecule has 1 atom stereocenters. The zero-order valence-corrected chi connectivity index (χ0v) is 9.38. The minimum atomic E-state index is -0.00231. The summed E-state index contributed by atoms with van der Waals surface area (Å²) in [5.74, 6) is 0.358. The van der Waals surface area contributed by atoms with E-state index in [9.17, 15) is 0 Å². The Balaban J connectivity index is 3.00. The van der Waals surface area contributed by atoms with E-state index in [1.165, 1.54) is 0 Å². The second-order valence-electron chi connectivity index (χ2n) is 3.41. The van der Waals surface area contributed by atoms with Crippen LogP contribution >= 0.6 is 15.9 Å². The van der Waals surface area contributed by atoms with Crippen LogP contribution in [0.25, 0.3) is 0 Å². The molecule has 0 heterocycles. The number of hydrogen-bond donors (Lipinski definition) is 0. The molecule has 0 N–H and O–H groups in total. The lowest BCUT2D eigenvalue weighted by atomic mass is 9.90. The van der Waals surface area contributed by atoms with Gasteiger partial charge in [0.1, 0.15) is 0 Å². The lowest BCUT2D eigenvalue weighted by molar-refractivity contribution is 0.587. The van der Waals surface area contributed by atoms with E-state index in [-0.39, 0.29) is 5.92 Å². The Kier molecular flexibility index (Phi) is 3.50. The van der Waals surface area contributed by atoms with Crippen molar-refractivity contribution in [1.29, 1.82) is 5.26 Å². The van der Waals surface area contributed by atoms with Crippen molar-refractivity contribution in [2.45, 2.75) is 19.8 Å². The first-order valence-electron chi connectivity index (χ1n) is 4.30. The van der Waals surface area contributed by atoms with Crippen molar-refractivity contribution < 1.29 is 0 Å². The Hall–Kier alpha value is -0.810. The van der Waals surface area contributed by atoms with Crippen LogP contribution in [-0.2, 0) is 0 Å². The van der Waals surface area contributed by atoms with Gasteiger partial charge in [-0.2, -0.15) is 5.26 Å². The van der Waals surface area contributed by atoms with Gasteiger partial charge in [0, 0.05) is 4.47 Å². The summed E-state index contributed by atoms with van der Waals surface area (Å²) >= 11 is 3.40. The molecular weight excluding hydrogens is 226 g/mol. The molecule has 0 aromatic heterocycles. The maximum Gasteiger partial charge on any atom is 0.0736 e. The third kappa shape index (κ3) is 2.57. The van der Waals surface area contributed by atoms with Gasteiger partial charge < -0.3 is 0 Å². The zero-order chi connectivity index (χ0) is 9.84. The van der Waals surface area contributed by atoms with Crippen LogP contribution in [0.4, 0.5) is 0 Å². The molecule has 0 aliphatic heterocycles. The van der Waals surface area contributed by atoms with E-state index in [0.717, 1.165) is 10.0 Å². The van der Waals surface area contributed by atoms with Crippen LogP contribution in [-0.4, -0.2) is 0 Å². The monoisotopic (exact) mass is 237 g/mol. The first kappa shape index (κ1) is 10.3. The van der Waals surface area contributed by atoms with E-state index >= 15 is 0 Å². The van der Waals surface area contributed by atoms with Crippen LogP contribution in [0.15, 0.2) is 28.7 Å². The summed E-state index contributed by atoms with van der Waals surface area (Å²) in [6.45, 7) is 4.13. The third-order valence-electron chi connectivity index (χ3n) is 2.01. The van der Waals surface area contributed by atoms with Crippen molar-refractivity contribution in [1.82, 2.24) is 0 Å². The minimum Gasteiger partial charge on any atom is -0.198 e. The molecule has 0 fully saturated rings. The smallest absolute Gasteiger partial charge is 0.0736 e. The van der Waals surface area contributed by atoms with Gasteiger partial charge in [-0.1, -0.05) is 41.9 Å². The van der Waals surface area contributed by atoms with Crippen LogP contribution < -0.4 is 0 Å². The first-order valence-corrected chi connectivity index (χ1v) is 5.09. The molecule has 2 heteroatoms. The largest absolute Gasteiger partial charge is 0.198 e. The predicted octanol–water partition coefficient (Wildman–Crippen LogP) is 3.71. The van der Waals surface area contributed by atoms with Crippen molar-refractivity contribution in [3.05, 3.63) is 34.3 Å². The second-order valence-corrected chi connectivity index (χ2v) is 4.32. The first-order chi connectivity index (χ1) is 6.15. The van der Waals surface area contributed by atoms with Gasteiger partial charge in [0.2, 0.25) is 0 Å². The van der Waals surface area contributed by atoms with Crippen molar-refractivity contribution in [2.24, 2.45) is 5.92 Å². The summed E-state index contributed by atoms with van der Waals surface area (Å²) in [5.41, 5.74) is 1.09. The Morgan fingerprint density at radius 1 is 1.38 bits per heavy atom. The van der Waals surface area contributed by atoms with Crippen LogP contribution in [0.1, 0.15) is 25.3 Å². The molecule has 1 aromatic rings. The lowest BCUT2D eigenvalue weighted by Gasteiger charge is -2.12. The quantitative estimate of drug-likeness (QED) is 0.770. The number of benzene rings is 1. The molecule has 0 aliphatic rings. The van der Waals surface area contributed by atoms with E-state index in [0.29, 0.717) is 5.92 Å². The number of rotatable bonds is 2. The summed E-state index contributed by atoms with van der Waals surface area (Å²) in [5, 5.41) is 8.98. The average molecular weight is 238 g/mol. The highest BCUT2D eigenvalue weighted by Crippen LogP contribution is 2.25. The highest BCUT2D eigenvalue weighted by atomic mass is 79.9. The Labute approximate surface area is 87.5 Å². The highest BCUT2D eigenvalue weighted by Gasteiger charge is 2.14. The summed E-state index contributed by atoms with van der Waals surface area (Å²) in [4.78, 5) is 0. The van der Waals surface area contributed by atoms with Crippen molar-refractivity contribution in [3.63, 3.8) is 0 Å². The van der Waals surface area contributed by atoms with Gasteiger partial charge in [0.25, 0.3) is 0 Å². The molecule has 0 bridgehead atoms. The fourth-order valence-corrected chi connectivity index (χ4v) is 1.73. The zero-order valence-electron chi connectivity index (χ0n) is 7.79. The normalized spacial score (nSPS) is 12.5. The fourth-order valence-electron chi connectivity index (χ4n) is 1.31. The molecule has 1 rings (SSSR count). The number of nitriles is 1. The molecule has 1 unspecified atom stereocenters. The standard InChI is InChI=1S/C11H12BrN/c1-8(2)11(7-13)9-4-3-5-10(12)6-9/h3-6,8,11H,1-2H3. The SMILES string of the molecule is CC(C)C(C#N)c1cccc(Br)c1. The van der Waals surface area contributed by atoms with E-state index in [1.54, 1.807) is 0 Å². The van der Waals surface area contributed by atoms with Crippen molar-refractivity contribution in [3.8, 4) is 6.07 Å². The molecule has 68 valence electrons. The molecule has 1 nitrogen and oxygen atoms in total. The topological polar surface area (TPSA) is 23.8 Å². The van der Waals surface area contributed by atoms with Gasteiger partial charge in [-0.3, -0.25) is 0 Å². The molecule has 0 saturated carbocycles. The Morgan fingerprint density at radius 3 is 2.54 bits per heavy atom. The van der Waals surface area contributed by atoms with E-state index < -0.39 is 0 Å². The fraction of sp³-hybridized carbons (Fsp3) is 0.364. The van der Waals surface area contributed by atoms with Crippen molar-refractivity contribution >= 4 is 15.9 Å². The Bertz CT molecular complexity index is 325. The number of hydrogen-bond acceptors (Lipinski definition) is 1. The van der Waals surface area contributed by atoms with Crippen molar-refractivity contribution in [2.75, 3.05) is 0 Å². The summed E-state index contributed by atoms with van der Waals surface area (Å²) in [7, 11) is 0. The number of nitrogens with zero attached hydrogens (tertiary/aromatic N) is 1.